The molecule has 0 aromatic rings. The molecule has 86 valence electrons. The SMILES string of the molecule is CC1=CC[C@H](C2COC(C)(C)O2)[C@H]1CO. The Bertz CT molecular complexity index is 270. The Morgan fingerprint density at radius 3 is 2.80 bits per heavy atom. The molecule has 0 aromatic heterocycles. The largest absolute Gasteiger partial charge is 0.396 e. The molecule has 15 heavy (non-hydrogen) atoms. The van der Waals surface area contributed by atoms with Gasteiger partial charge in [-0.3, -0.25) is 0 Å². The minimum Gasteiger partial charge on any atom is -0.396 e. The molecular weight excluding hydrogens is 192 g/mol. The molecule has 1 aliphatic heterocycles. The van der Waals surface area contributed by atoms with E-state index in [4.69, 9.17) is 9.47 Å². The van der Waals surface area contributed by atoms with Crippen molar-refractivity contribution in [3.8, 4) is 0 Å². The summed E-state index contributed by atoms with van der Waals surface area (Å²) in [5.41, 5.74) is 1.29. The van der Waals surface area contributed by atoms with Gasteiger partial charge in [0.05, 0.1) is 12.7 Å². The number of aliphatic hydroxyl groups excluding tert-OH is 1. The van der Waals surface area contributed by atoms with Crippen LogP contribution in [-0.4, -0.2) is 30.2 Å². The van der Waals surface area contributed by atoms with Crippen LogP contribution in [0.15, 0.2) is 11.6 Å². The van der Waals surface area contributed by atoms with E-state index >= 15 is 0 Å². The first-order chi connectivity index (χ1) is 7.03. The molecule has 3 heteroatoms. The van der Waals surface area contributed by atoms with Crippen molar-refractivity contribution in [3.63, 3.8) is 0 Å². The Balaban J connectivity index is 2.01. The number of aliphatic hydroxyl groups is 1. The fourth-order valence-electron chi connectivity index (χ4n) is 2.59. The Morgan fingerprint density at radius 2 is 2.27 bits per heavy atom. The van der Waals surface area contributed by atoms with Gasteiger partial charge in [0.2, 0.25) is 0 Å². The molecule has 0 aromatic carbocycles. The first-order valence-electron chi connectivity index (χ1n) is 5.63. The highest BCUT2D eigenvalue weighted by Crippen LogP contribution is 2.39. The third kappa shape index (κ3) is 2.10. The van der Waals surface area contributed by atoms with Crippen LogP contribution in [0, 0.1) is 11.8 Å². The standard InChI is InChI=1S/C12H20O3/c1-8-4-5-9(10(8)6-13)11-7-14-12(2,3)15-11/h4,9-11,13H,5-7H2,1-3H3/t9-,10-,11?/m0/s1. The van der Waals surface area contributed by atoms with Crippen molar-refractivity contribution in [2.45, 2.75) is 39.1 Å². The van der Waals surface area contributed by atoms with Crippen LogP contribution >= 0.6 is 0 Å². The highest BCUT2D eigenvalue weighted by Gasteiger charge is 2.41. The van der Waals surface area contributed by atoms with Crippen molar-refractivity contribution in [1.29, 1.82) is 0 Å². The Kier molecular flexibility index (Phi) is 2.88. The maximum atomic E-state index is 9.36. The molecule has 2 aliphatic rings. The van der Waals surface area contributed by atoms with Gasteiger partial charge in [0.1, 0.15) is 0 Å². The first-order valence-corrected chi connectivity index (χ1v) is 5.63. The van der Waals surface area contributed by atoms with Crippen molar-refractivity contribution >= 4 is 0 Å². The fourth-order valence-corrected chi connectivity index (χ4v) is 2.59. The van der Waals surface area contributed by atoms with Gasteiger partial charge >= 0.3 is 0 Å². The average Bonchev–Trinajstić information content (AvgIpc) is 2.69. The maximum Gasteiger partial charge on any atom is 0.163 e. The van der Waals surface area contributed by atoms with Gasteiger partial charge in [-0.05, 0) is 33.1 Å². The minimum atomic E-state index is -0.457. The monoisotopic (exact) mass is 212 g/mol. The zero-order valence-electron chi connectivity index (χ0n) is 9.69. The number of hydrogen-bond acceptors (Lipinski definition) is 3. The first kappa shape index (κ1) is 11.1. The van der Waals surface area contributed by atoms with Crippen molar-refractivity contribution < 1.29 is 14.6 Å². The lowest BCUT2D eigenvalue weighted by atomic mass is 9.88. The highest BCUT2D eigenvalue weighted by atomic mass is 16.7. The van der Waals surface area contributed by atoms with Gasteiger partial charge in [-0.15, -0.1) is 0 Å². The second-order valence-corrected chi connectivity index (χ2v) is 5.00. The molecule has 0 spiro atoms. The summed E-state index contributed by atoms with van der Waals surface area (Å²) in [6, 6.07) is 0. The van der Waals surface area contributed by atoms with E-state index in [1.807, 2.05) is 13.8 Å². The van der Waals surface area contributed by atoms with E-state index < -0.39 is 5.79 Å². The third-order valence-corrected chi connectivity index (χ3v) is 3.52. The summed E-state index contributed by atoms with van der Waals surface area (Å²) in [5.74, 6) is 0.186. The van der Waals surface area contributed by atoms with E-state index in [-0.39, 0.29) is 18.6 Å². The quantitative estimate of drug-likeness (QED) is 0.708. The van der Waals surface area contributed by atoms with Crippen LogP contribution < -0.4 is 0 Å². The molecule has 0 saturated carbocycles. The predicted molar refractivity (Wildman–Crippen MR) is 57.3 cm³/mol. The normalized spacial score (nSPS) is 39.5. The van der Waals surface area contributed by atoms with Crippen molar-refractivity contribution in [3.05, 3.63) is 11.6 Å². The van der Waals surface area contributed by atoms with Crippen molar-refractivity contribution in [2.75, 3.05) is 13.2 Å². The number of hydrogen-bond donors (Lipinski definition) is 1. The van der Waals surface area contributed by atoms with Gasteiger partial charge in [-0.25, -0.2) is 0 Å². The average molecular weight is 212 g/mol. The summed E-state index contributed by atoms with van der Waals surface area (Å²) in [4.78, 5) is 0. The molecule has 1 heterocycles. The molecule has 1 saturated heterocycles. The fraction of sp³-hybridized carbons (Fsp3) is 0.833. The molecular formula is C12H20O3. The molecule has 0 amide bonds. The van der Waals surface area contributed by atoms with E-state index in [2.05, 4.69) is 13.0 Å². The van der Waals surface area contributed by atoms with Crippen molar-refractivity contribution in [1.82, 2.24) is 0 Å². The van der Waals surface area contributed by atoms with Gasteiger partial charge in [-0.1, -0.05) is 11.6 Å². The third-order valence-electron chi connectivity index (χ3n) is 3.52. The zero-order chi connectivity index (χ0) is 11.1. The van der Waals surface area contributed by atoms with E-state index in [1.165, 1.54) is 5.57 Å². The second kappa shape index (κ2) is 3.89. The topological polar surface area (TPSA) is 38.7 Å². The number of ether oxygens (including phenoxy) is 2. The summed E-state index contributed by atoms with van der Waals surface area (Å²) in [6.07, 6.45) is 3.34. The van der Waals surface area contributed by atoms with Gasteiger partial charge in [0.15, 0.2) is 5.79 Å². The summed E-state index contributed by atoms with van der Waals surface area (Å²) >= 11 is 0. The van der Waals surface area contributed by atoms with E-state index in [0.29, 0.717) is 12.5 Å². The van der Waals surface area contributed by atoms with Crippen LogP contribution in [0.5, 0.6) is 0 Å². The van der Waals surface area contributed by atoms with Crippen LogP contribution in [-0.2, 0) is 9.47 Å². The lowest BCUT2D eigenvalue weighted by molar-refractivity contribution is -0.146. The van der Waals surface area contributed by atoms with Gasteiger partial charge in [-0.2, -0.15) is 0 Å². The molecule has 3 nitrogen and oxygen atoms in total. The lowest BCUT2D eigenvalue weighted by Crippen LogP contribution is -2.31. The summed E-state index contributed by atoms with van der Waals surface area (Å²) in [6.45, 7) is 6.83. The molecule has 3 atom stereocenters. The van der Waals surface area contributed by atoms with E-state index in [9.17, 15) is 5.11 Å². The smallest absolute Gasteiger partial charge is 0.163 e. The summed E-state index contributed by atoms with van der Waals surface area (Å²) < 4.78 is 11.4. The Hall–Kier alpha value is -0.380. The zero-order valence-corrected chi connectivity index (χ0v) is 9.69. The lowest BCUT2D eigenvalue weighted by Gasteiger charge is -2.25. The number of rotatable bonds is 2. The molecule has 0 radical (unpaired) electrons. The van der Waals surface area contributed by atoms with Crippen LogP contribution in [0.2, 0.25) is 0 Å². The summed E-state index contributed by atoms with van der Waals surface area (Å²) in [7, 11) is 0. The van der Waals surface area contributed by atoms with Crippen LogP contribution in [0.1, 0.15) is 27.2 Å². The summed E-state index contributed by atoms with van der Waals surface area (Å²) in [5, 5.41) is 9.36. The highest BCUT2D eigenvalue weighted by molar-refractivity contribution is 5.14. The van der Waals surface area contributed by atoms with E-state index in [1.54, 1.807) is 0 Å². The second-order valence-electron chi connectivity index (χ2n) is 5.00. The predicted octanol–water partition coefficient (Wildman–Crippen LogP) is 1.71. The van der Waals surface area contributed by atoms with Crippen LogP contribution in [0.3, 0.4) is 0 Å². The molecule has 1 aliphatic carbocycles. The van der Waals surface area contributed by atoms with Crippen LogP contribution in [0.25, 0.3) is 0 Å². The minimum absolute atomic E-state index is 0.130. The van der Waals surface area contributed by atoms with Crippen LogP contribution in [0.4, 0.5) is 0 Å². The molecule has 2 rings (SSSR count). The van der Waals surface area contributed by atoms with Gasteiger partial charge < -0.3 is 14.6 Å². The molecule has 0 bridgehead atoms. The Labute approximate surface area is 91.1 Å². The van der Waals surface area contributed by atoms with Crippen molar-refractivity contribution in [2.24, 2.45) is 11.8 Å². The number of allylic oxidation sites excluding steroid dienone is 1. The van der Waals surface area contributed by atoms with Gasteiger partial charge in [0.25, 0.3) is 0 Å². The maximum absolute atomic E-state index is 9.36. The van der Waals surface area contributed by atoms with Gasteiger partial charge in [0, 0.05) is 12.5 Å². The molecule has 1 fully saturated rings. The molecule has 1 N–H and O–H groups in total. The Morgan fingerprint density at radius 1 is 1.53 bits per heavy atom. The molecule has 1 unspecified atom stereocenters. The van der Waals surface area contributed by atoms with E-state index in [0.717, 1.165) is 6.42 Å².